The van der Waals surface area contributed by atoms with E-state index in [4.69, 9.17) is 14.2 Å². The van der Waals surface area contributed by atoms with E-state index >= 15 is 0 Å². The van der Waals surface area contributed by atoms with Crippen LogP contribution in [0.25, 0.3) is 0 Å². The molecule has 1 amide bonds. The number of carbonyl (C=O) groups is 1. The van der Waals surface area contributed by atoms with Crippen LogP contribution in [-0.4, -0.2) is 53.1 Å². The number of carbonyl (C=O) groups excluding carboxylic acids is 1. The van der Waals surface area contributed by atoms with Crippen LogP contribution in [0.4, 0.5) is 0 Å². The largest absolute Gasteiger partial charge is 0.382 e. The zero-order chi connectivity index (χ0) is 13.4. The van der Waals surface area contributed by atoms with E-state index in [0.717, 1.165) is 6.42 Å². The molecule has 5 heteroatoms. The van der Waals surface area contributed by atoms with E-state index in [1.54, 1.807) is 14.2 Å². The summed E-state index contributed by atoms with van der Waals surface area (Å²) in [6, 6.07) is 0. The summed E-state index contributed by atoms with van der Waals surface area (Å²) in [5.41, 5.74) is 0. The lowest BCUT2D eigenvalue weighted by Gasteiger charge is -2.05. The summed E-state index contributed by atoms with van der Waals surface area (Å²) in [6.07, 6.45) is 1.26. The van der Waals surface area contributed by atoms with Crippen molar-refractivity contribution in [3.63, 3.8) is 0 Å². The van der Waals surface area contributed by atoms with E-state index in [-0.39, 0.29) is 5.91 Å². The topological polar surface area (TPSA) is 56.8 Å². The highest BCUT2D eigenvalue weighted by Gasteiger charge is 1.96. The van der Waals surface area contributed by atoms with Gasteiger partial charge < -0.3 is 19.5 Å². The van der Waals surface area contributed by atoms with Gasteiger partial charge in [0.1, 0.15) is 0 Å². The monoisotopic (exact) mass is 249 g/mol. The molecule has 17 heavy (non-hydrogen) atoms. The summed E-state index contributed by atoms with van der Waals surface area (Å²) in [7, 11) is 3.27. The Labute approximate surface area is 105 Å². The molecule has 1 N–H and O–H groups in total. The molecule has 0 heterocycles. The van der Waals surface area contributed by atoms with E-state index in [2.05, 4.69) is 5.32 Å². The number of nitrogens with one attached hydrogen (secondary N) is 1. The van der Waals surface area contributed by atoms with Crippen molar-refractivity contribution in [3.8, 4) is 0 Å². The summed E-state index contributed by atoms with van der Waals surface area (Å²) in [6.45, 7) is 6.94. The molecule has 0 aliphatic rings. The smallest absolute Gasteiger partial charge is 0.219 e. The lowest BCUT2D eigenvalue weighted by atomic mass is 10.3. The van der Waals surface area contributed by atoms with Crippen molar-refractivity contribution in [2.24, 2.45) is 0 Å². The minimum absolute atomic E-state index is 0.0509. The number of amides is 1. The van der Waals surface area contributed by atoms with Gasteiger partial charge >= 0.3 is 0 Å². The van der Waals surface area contributed by atoms with Gasteiger partial charge in [0.25, 0.3) is 0 Å². The van der Waals surface area contributed by atoms with Crippen molar-refractivity contribution >= 4 is 5.91 Å². The molecule has 0 aliphatic carbocycles. The van der Waals surface area contributed by atoms with E-state index in [1.165, 1.54) is 0 Å². The molecule has 0 radical (unpaired) electrons. The maximum absolute atomic E-state index is 10.8. The quantitative estimate of drug-likeness (QED) is 0.591. The molecule has 0 rings (SSSR count). The fourth-order valence-electron chi connectivity index (χ4n) is 0.924. The Bertz CT molecular complexity index is 153. The van der Waals surface area contributed by atoms with Crippen LogP contribution >= 0.6 is 0 Å². The molecule has 0 spiro atoms. The Morgan fingerprint density at radius 2 is 1.53 bits per heavy atom. The zero-order valence-electron chi connectivity index (χ0n) is 11.6. The molecular formula is C12H27NO4. The van der Waals surface area contributed by atoms with Crippen LogP contribution in [0.3, 0.4) is 0 Å². The first-order chi connectivity index (χ1) is 8.31. The highest BCUT2D eigenvalue weighted by atomic mass is 16.5. The first-order valence-electron chi connectivity index (χ1n) is 6.16. The second-order valence-corrected chi connectivity index (χ2v) is 2.99. The van der Waals surface area contributed by atoms with Crippen LogP contribution in [0.5, 0.6) is 0 Å². The minimum atomic E-state index is 0.0509. The van der Waals surface area contributed by atoms with Gasteiger partial charge in [0, 0.05) is 27.2 Å². The molecule has 5 nitrogen and oxygen atoms in total. The molecule has 0 fully saturated rings. The van der Waals surface area contributed by atoms with E-state index in [0.29, 0.717) is 39.5 Å². The van der Waals surface area contributed by atoms with Crippen LogP contribution in [-0.2, 0) is 19.0 Å². The number of rotatable bonds is 10. The predicted molar refractivity (Wildman–Crippen MR) is 68.2 cm³/mol. The molecule has 0 saturated carbocycles. The fraction of sp³-hybridized carbons (Fsp3) is 0.917. The molecule has 0 bridgehead atoms. The molecule has 0 saturated heterocycles. The first kappa shape index (κ1) is 18.7. The van der Waals surface area contributed by atoms with Crippen molar-refractivity contribution in [1.82, 2.24) is 5.32 Å². The van der Waals surface area contributed by atoms with E-state index < -0.39 is 0 Å². The molecule has 0 aromatic rings. The summed E-state index contributed by atoms with van der Waals surface area (Å²) in [5.74, 6) is 0.0509. The van der Waals surface area contributed by atoms with Gasteiger partial charge in [0.15, 0.2) is 0 Å². The number of ether oxygens (including phenoxy) is 3. The number of methoxy groups -OCH3 is 1. The average Bonchev–Trinajstić information content (AvgIpc) is 2.39. The Hall–Kier alpha value is -0.650. The van der Waals surface area contributed by atoms with Gasteiger partial charge in [-0.2, -0.15) is 0 Å². The molecule has 0 aromatic heterocycles. The summed E-state index contributed by atoms with van der Waals surface area (Å²) >= 11 is 0. The van der Waals surface area contributed by atoms with Gasteiger partial charge in [-0.1, -0.05) is 13.8 Å². The number of hydrogen-bond acceptors (Lipinski definition) is 4. The number of hydrogen-bond donors (Lipinski definition) is 1. The van der Waals surface area contributed by atoms with Crippen LogP contribution in [0, 0.1) is 0 Å². The Balaban J connectivity index is 0. The van der Waals surface area contributed by atoms with Crippen LogP contribution < -0.4 is 5.32 Å². The lowest BCUT2D eigenvalue weighted by Crippen LogP contribution is -2.18. The molecule has 0 aliphatic heterocycles. The fourth-order valence-corrected chi connectivity index (χ4v) is 0.924. The SMILES string of the molecule is CC.CNC(=O)CCCOCCOCCOC. The van der Waals surface area contributed by atoms with E-state index in [1.807, 2.05) is 13.8 Å². The van der Waals surface area contributed by atoms with Gasteiger partial charge in [-0.25, -0.2) is 0 Å². The van der Waals surface area contributed by atoms with Crippen LogP contribution in [0.2, 0.25) is 0 Å². The average molecular weight is 249 g/mol. The minimum Gasteiger partial charge on any atom is -0.382 e. The normalized spacial score (nSPS) is 9.41. The van der Waals surface area contributed by atoms with Gasteiger partial charge in [-0.05, 0) is 6.42 Å². The van der Waals surface area contributed by atoms with E-state index in [9.17, 15) is 4.79 Å². The third kappa shape index (κ3) is 17.9. The summed E-state index contributed by atoms with van der Waals surface area (Å²) in [4.78, 5) is 10.8. The maximum atomic E-state index is 10.8. The summed E-state index contributed by atoms with van der Waals surface area (Å²) < 4.78 is 15.3. The highest BCUT2D eigenvalue weighted by Crippen LogP contribution is 1.90. The zero-order valence-corrected chi connectivity index (χ0v) is 11.6. The van der Waals surface area contributed by atoms with Crippen molar-refractivity contribution in [2.75, 3.05) is 47.2 Å². The van der Waals surface area contributed by atoms with Crippen molar-refractivity contribution in [2.45, 2.75) is 26.7 Å². The van der Waals surface area contributed by atoms with Crippen LogP contribution in [0.15, 0.2) is 0 Å². The second-order valence-electron chi connectivity index (χ2n) is 2.99. The highest BCUT2D eigenvalue weighted by molar-refractivity contribution is 5.75. The van der Waals surface area contributed by atoms with Gasteiger partial charge in [-0.15, -0.1) is 0 Å². The maximum Gasteiger partial charge on any atom is 0.219 e. The van der Waals surface area contributed by atoms with Gasteiger partial charge in [-0.3, -0.25) is 4.79 Å². The first-order valence-corrected chi connectivity index (χ1v) is 6.16. The second kappa shape index (κ2) is 17.7. The summed E-state index contributed by atoms with van der Waals surface area (Å²) in [5, 5.41) is 2.56. The Morgan fingerprint density at radius 3 is 2.06 bits per heavy atom. The standard InChI is InChI=1S/C10H21NO4.C2H6/c1-11-10(12)4-3-5-14-8-9-15-7-6-13-2;1-2/h3-9H2,1-2H3,(H,11,12);1-2H3. The molecular weight excluding hydrogens is 222 g/mol. The van der Waals surface area contributed by atoms with Crippen molar-refractivity contribution in [1.29, 1.82) is 0 Å². The Morgan fingerprint density at radius 1 is 1.00 bits per heavy atom. The lowest BCUT2D eigenvalue weighted by molar-refractivity contribution is -0.120. The molecule has 0 atom stereocenters. The molecule has 104 valence electrons. The van der Waals surface area contributed by atoms with Gasteiger partial charge in [0.05, 0.1) is 26.4 Å². The van der Waals surface area contributed by atoms with Crippen molar-refractivity contribution in [3.05, 3.63) is 0 Å². The van der Waals surface area contributed by atoms with Gasteiger partial charge in [0.2, 0.25) is 5.91 Å². The molecule has 0 aromatic carbocycles. The third-order valence-electron chi connectivity index (χ3n) is 1.78. The van der Waals surface area contributed by atoms with Crippen molar-refractivity contribution < 1.29 is 19.0 Å². The van der Waals surface area contributed by atoms with Crippen LogP contribution in [0.1, 0.15) is 26.7 Å². The molecule has 0 unspecified atom stereocenters. The third-order valence-corrected chi connectivity index (χ3v) is 1.78. The predicted octanol–water partition coefficient (Wildman–Crippen LogP) is 1.22. The Kier molecular flexibility index (Phi) is 19.5.